The van der Waals surface area contributed by atoms with Gasteiger partial charge in [-0.15, -0.1) is 0 Å². The van der Waals surface area contributed by atoms with Gasteiger partial charge in [-0.2, -0.15) is 0 Å². The molecular formula is C33H43FN4O3. The molecule has 7 nitrogen and oxygen atoms in total. The Bertz CT molecular complexity index is 1400. The fourth-order valence-electron chi connectivity index (χ4n) is 7.12. The van der Waals surface area contributed by atoms with Crippen LogP contribution in [0.5, 0.6) is 0 Å². The molecule has 220 valence electrons. The molecule has 0 unspecified atom stereocenters. The maximum absolute atomic E-state index is 14.4. The molecule has 1 saturated carbocycles. The predicted molar refractivity (Wildman–Crippen MR) is 158 cm³/mol. The van der Waals surface area contributed by atoms with E-state index in [4.69, 9.17) is 9.47 Å². The second-order valence-electron chi connectivity index (χ2n) is 12.7. The van der Waals surface area contributed by atoms with Crippen molar-refractivity contribution in [3.05, 3.63) is 59.3 Å². The molecule has 2 aliphatic heterocycles. The molecule has 41 heavy (non-hydrogen) atoms. The number of nitrogens with zero attached hydrogens (tertiary/aromatic N) is 4. The number of carbonyl (C=O) groups is 1. The van der Waals surface area contributed by atoms with Crippen LogP contribution in [-0.4, -0.2) is 77.0 Å². The van der Waals surface area contributed by atoms with Crippen molar-refractivity contribution in [2.75, 3.05) is 39.9 Å². The summed E-state index contributed by atoms with van der Waals surface area (Å²) in [4.78, 5) is 22.2. The lowest BCUT2D eigenvalue weighted by Crippen LogP contribution is -2.38. The Balaban J connectivity index is 1.21. The molecule has 2 aromatic heterocycles. The summed E-state index contributed by atoms with van der Waals surface area (Å²) in [7, 11) is 1.76. The normalized spacial score (nSPS) is 21.5. The van der Waals surface area contributed by atoms with Gasteiger partial charge in [0.05, 0.1) is 36.2 Å². The highest BCUT2D eigenvalue weighted by Crippen LogP contribution is 2.39. The van der Waals surface area contributed by atoms with Gasteiger partial charge in [0.1, 0.15) is 5.82 Å². The summed E-state index contributed by atoms with van der Waals surface area (Å²) in [6.45, 7) is 10.9. The molecular weight excluding hydrogens is 519 g/mol. The molecule has 0 radical (unpaired) electrons. The minimum atomic E-state index is -0.414. The summed E-state index contributed by atoms with van der Waals surface area (Å²) in [6, 6.07) is 4.51. The summed E-state index contributed by atoms with van der Waals surface area (Å²) in [5.41, 5.74) is 4.39. The van der Waals surface area contributed by atoms with E-state index in [2.05, 4.69) is 23.0 Å². The van der Waals surface area contributed by atoms with Gasteiger partial charge in [0.15, 0.2) is 5.79 Å². The monoisotopic (exact) mass is 562 g/mol. The first kappa shape index (κ1) is 28.3. The number of likely N-dealkylation sites (tertiary alicyclic amines) is 1. The number of halogens is 1. The first-order valence-electron chi connectivity index (χ1n) is 15.2. The zero-order chi connectivity index (χ0) is 28.7. The number of hydrogen-bond acceptors (Lipinski definition) is 5. The van der Waals surface area contributed by atoms with E-state index < -0.39 is 5.82 Å². The first-order valence-corrected chi connectivity index (χ1v) is 15.2. The lowest BCUT2D eigenvalue weighted by Gasteiger charge is -2.36. The Kier molecular flexibility index (Phi) is 7.92. The van der Waals surface area contributed by atoms with Gasteiger partial charge < -0.3 is 23.8 Å². The predicted octanol–water partition coefficient (Wildman–Crippen LogP) is 5.75. The number of fused-ring (bicyclic) bond motifs is 1. The Hall–Kier alpha value is -2.81. The Morgan fingerprint density at radius 2 is 1.90 bits per heavy atom. The van der Waals surface area contributed by atoms with Crippen LogP contribution in [0.25, 0.3) is 16.6 Å². The number of hydrogen-bond donors (Lipinski definition) is 0. The zero-order valence-electron chi connectivity index (χ0n) is 24.9. The van der Waals surface area contributed by atoms with E-state index in [0.717, 1.165) is 63.2 Å². The molecule has 8 heteroatoms. The van der Waals surface area contributed by atoms with Crippen LogP contribution in [0, 0.1) is 24.6 Å². The van der Waals surface area contributed by atoms with Crippen molar-refractivity contribution in [2.24, 2.45) is 11.8 Å². The van der Waals surface area contributed by atoms with Gasteiger partial charge in [-0.1, -0.05) is 0 Å². The molecule has 2 saturated heterocycles. The third kappa shape index (κ3) is 5.66. The lowest BCUT2D eigenvalue weighted by molar-refractivity contribution is -0.183. The Labute approximate surface area is 242 Å². The number of amides is 1. The highest BCUT2D eigenvalue weighted by Gasteiger charge is 2.41. The maximum atomic E-state index is 14.4. The van der Waals surface area contributed by atoms with Crippen LogP contribution in [0.2, 0.25) is 0 Å². The number of carbonyl (C=O) groups excluding carboxylic acids is 1. The van der Waals surface area contributed by atoms with Crippen LogP contribution in [0.4, 0.5) is 4.39 Å². The van der Waals surface area contributed by atoms with Gasteiger partial charge in [-0.05, 0) is 94.2 Å². The summed E-state index contributed by atoms with van der Waals surface area (Å²) < 4.78 is 28.3. The highest BCUT2D eigenvalue weighted by molar-refractivity contribution is 5.99. The topological polar surface area (TPSA) is 59.8 Å². The molecule has 3 fully saturated rings. The highest BCUT2D eigenvalue weighted by atomic mass is 19.1. The molecule has 1 aromatic carbocycles. The Morgan fingerprint density at radius 1 is 1.15 bits per heavy atom. The van der Waals surface area contributed by atoms with Crippen LogP contribution >= 0.6 is 0 Å². The third-order valence-corrected chi connectivity index (χ3v) is 9.60. The number of aryl methyl sites for hydroxylation is 1. The second-order valence-corrected chi connectivity index (χ2v) is 12.7. The average molecular weight is 563 g/mol. The minimum Gasteiger partial charge on any atom is -0.348 e. The van der Waals surface area contributed by atoms with Gasteiger partial charge in [0, 0.05) is 56.8 Å². The van der Waals surface area contributed by atoms with Crippen molar-refractivity contribution in [2.45, 2.75) is 71.1 Å². The van der Waals surface area contributed by atoms with Crippen LogP contribution in [0.1, 0.15) is 67.4 Å². The van der Waals surface area contributed by atoms with E-state index in [9.17, 15) is 9.18 Å². The quantitative estimate of drug-likeness (QED) is 0.367. The molecule has 3 aromatic rings. The first-order chi connectivity index (χ1) is 19.7. The Morgan fingerprint density at radius 3 is 2.63 bits per heavy atom. The van der Waals surface area contributed by atoms with E-state index in [1.165, 1.54) is 42.3 Å². The van der Waals surface area contributed by atoms with Crippen LogP contribution < -0.4 is 0 Å². The van der Waals surface area contributed by atoms with Crippen LogP contribution in [0.3, 0.4) is 0 Å². The summed E-state index contributed by atoms with van der Waals surface area (Å²) in [6.07, 6.45) is 12.5. The van der Waals surface area contributed by atoms with Crippen molar-refractivity contribution >= 4 is 16.8 Å². The van der Waals surface area contributed by atoms with Crippen LogP contribution in [-0.2, 0) is 15.9 Å². The van der Waals surface area contributed by atoms with Crippen molar-refractivity contribution in [3.8, 4) is 5.69 Å². The van der Waals surface area contributed by atoms with E-state index in [0.29, 0.717) is 23.1 Å². The zero-order valence-corrected chi connectivity index (χ0v) is 24.9. The van der Waals surface area contributed by atoms with Crippen molar-refractivity contribution < 1.29 is 18.7 Å². The summed E-state index contributed by atoms with van der Waals surface area (Å²) >= 11 is 0. The molecule has 4 heterocycles. The number of pyridine rings is 1. The summed E-state index contributed by atoms with van der Waals surface area (Å²) in [5.74, 6) is 0.386. The van der Waals surface area contributed by atoms with Gasteiger partial charge in [-0.25, -0.2) is 4.39 Å². The SMILES string of the molecule is Cc1cncc2c1c(C[C@@H]1CCN(CC3CCC4(CC3)OCCO4)C1)cn2-c1ccc(F)cc1C(=O)N(C)C(C)C. The van der Waals surface area contributed by atoms with E-state index >= 15 is 0 Å². The molecule has 0 bridgehead atoms. The number of rotatable bonds is 7. The van der Waals surface area contributed by atoms with E-state index in [-0.39, 0.29) is 17.7 Å². The van der Waals surface area contributed by atoms with Gasteiger partial charge in [0.2, 0.25) is 0 Å². The van der Waals surface area contributed by atoms with Crippen molar-refractivity contribution in [1.82, 2.24) is 19.4 Å². The molecule has 1 aliphatic carbocycles. The van der Waals surface area contributed by atoms with E-state index in [1.54, 1.807) is 18.0 Å². The largest absolute Gasteiger partial charge is 0.348 e. The molecule has 6 rings (SSSR count). The lowest BCUT2D eigenvalue weighted by atomic mass is 9.85. The van der Waals surface area contributed by atoms with Crippen LogP contribution in [0.15, 0.2) is 36.8 Å². The minimum absolute atomic E-state index is 0.00362. The standard InChI is InChI=1S/C33H43FN4O3/c1-22(2)36(4)32(39)28-16-27(34)5-6-29(28)38-21-26(31-23(3)17-35-18-30(31)38)15-25-9-12-37(20-25)19-24-7-10-33(11-8-24)40-13-14-41-33/h5-6,16-18,21-22,24-25H,7-15,19-20H2,1-4H3/t25-/m0/s1. The maximum Gasteiger partial charge on any atom is 0.256 e. The third-order valence-electron chi connectivity index (χ3n) is 9.60. The fraction of sp³-hybridized carbons (Fsp3) is 0.576. The second kappa shape index (κ2) is 11.5. The number of aromatic nitrogens is 2. The van der Waals surface area contributed by atoms with Gasteiger partial charge in [-0.3, -0.25) is 9.78 Å². The van der Waals surface area contributed by atoms with Crippen molar-refractivity contribution in [1.29, 1.82) is 0 Å². The average Bonchev–Trinajstić information content (AvgIpc) is 3.69. The van der Waals surface area contributed by atoms with Gasteiger partial charge >= 0.3 is 0 Å². The molecule has 1 atom stereocenters. The molecule has 1 amide bonds. The molecule has 1 spiro atoms. The molecule has 0 N–H and O–H groups in total. The number of ether oxygens (including phenoxy) is 2. The summed E-state index contributed by atoms with van der Waals surface area (Å²) in [5, 5.41) is 1.19. The van der Waals surface area contributed by atoms with Gasteiger partial charge in [0.25, 0.3) is 5.91 Å². The number of benzene rings is 1. The van der Waals surface area contributed by atoms with Crippen molar-refractivity contribution in [3.63, 3.8) is 0 Å². The molecule has 3 aliphatic rings. The fourth-order valence-corrected chi connectivity index (χ4v) is 7.12. The van der Waals surface area contributed by atoms with E-state index in [1.807, 2.05) is 30.8 Å². The smallest absolute Gasteiger partial charge is 0.256 e.